The van der Waals surface area contributed by atoms with Crippen molar-refractivity contribution in [3.8, 4) is 5.75 Å². The molecule has 0 bridgehead atoms. The molecule has 1 N–H and O–H groups in total. The van der Waals surface area contributed by atoms with Gasteiger partial charge in [0.1, 0.15) is 11.8 Å². The molecule has 3 aromatic carbocycles. The maximum atomic E-state index is 13.5. The number of amides is 2. The average Bonchev–Trinajstić information content (AvgIpc) is 2.86. The monoisotopic (exact) mass is 506 g/mol. The van der Waals surface area contributed by atoms with Crippen molar-refractivity contribution in [1.82, 2.24) is 10.2 Å². The van der Waals surface area contributed by atoms with Crippen LogP contribution in [0, 0.1) is 0 Å². The molecule has 0 aliphatic carbocycles. The Labute approximate surface area is 219 Å². The van der Waals surface area contributed by atoms with Gasteiger partial charge in [0.2, 0.25) is 5.91 Å². The van der Waals surface area contributed by atoms with Gasteiger partial charge < -0.3 is 15.0 Å². The molecule has 0 fully saturated rings. The second kappa shape index (κ2) is 12.6. The third-order valence-electron chi connectivity index (χ3n) is 5.97. The number of benzene rings is 3. The van der Waals surface area contributed by atoms with Crippen LogP contribution in [0.4, 0.5) is 0 Å². The van der Waals surface area contributed by atoms with Crippen molar-refractivity contribution in [1.29, 1.82) is 0 Å². The Morgan fingerprint density at radius 2 is 1.56 bits per heavy atom. The predicted octanol–water partition coefficient (Wildman–Crippen LogP) is 5.79. The summed E-state index contributed by atoms with van der Waals surface area (Å²) in [6, 6.07) is 24.1. The van der Waals surface area contributed by atoms with Gasteiger partial charge in [-0.3, -0.25) is 9.59 Å². The van der Waals surface area contributed by atoms with Crippen LogP contribution in [0.2, 0.25) is 5.02 Å². The highest BCUT2D eigenvalue weighted by molar-refractivity contribution is 6.30. The molecule has 6 heteroatoms. The van der Waals surface area contributed by atoms with E-state index in [1.54, 1.807) is 17.0 Å². The summed E-state index contributed by atoms with van der Waals surface area (Å²) in [6.07, 6.45) is 0.395. The number of hydrogen-bond donors (Lipinski definition) is 1. The molecular formula is C30H35ClN2O3. The minimum atomic E-state index is -0.692. The van der Waals surface area contributed by atoms with E-state index in [0.29, 0.717) is 23.7 Å². The zero-order chi connectivity index (χ0) is 26.1. The Bertz CT molecular complexity index is 1120. The number of nitrogens with zero attached hydrogens (tertiary/aromatic N) is 1. The van der Waals surface area contributed by atoms with E-state index in [0.717, 1.165) is 11.1 Å². The average molecular weight is 507 g/mol. The molecule has 0 saturated carbocycles. The highest BCUT2D eigenvalue weighted by Gasteiger charge is 2.30. The van der Waals surface area contributed by atoms with Crippen LogP contribution in [0.3, 0.4) is 0 Å². The van der Waals surface area contributed by atoms with Crippen LogP contribution in [0.15, 0.2) is 78.9 Å². The number of hydrogen-bond acceptors (Lipinski definition) is 3. The molecule has 3 rings (SSSR count). The number of nitrogens with one attached hydrogen (secondary N) is 1. The molecule has 0 aromatic heterocycles. The zero-order valence-corrected chi connectivity index (χ0v) is 22.2. The highest BCUT2D eigenvalue weighted by Crippen LogP contribution is 2.24. The number of halogens is 1. The number of rotatable bonds is 10. The van der Waals surface area contributed by atoms with Crippen LogP contribution in [0.5, 0.6) is 5.75 Å². The van der Waals surface area contributed by atoms with Gasteiger partial charge in [-0.15, -0.1) is 0 Å². The van der Waals surface area contributed by atoms with Crippen LogP contribution < -0.4 is 10.1 Å². The maximum Gasteiger partial charge on any atom is 0.261 e. The fourth-order valence-corrected chi connectivity index (χ4v) is 4.04. The highest BCUT2D eigenvalue weighted by atomic mass is 35.5. The van der Waals surface area contributed by atoms with Gasteiger partial charge in [0.05, 0.1) is 0 Å². The van der Waals surface area contributed by atoms with Gasteiger partial charge in [-0.1, -0.05) is 87.0 Å². The summed E-state index contributed by atoms with van der Waals surface area (Å²) in [5.74, 6) is 0.149. The topological polar surface area (TPSA) is 58.6 Å². The third-order valence-corrected chi connectivity index (χ3v) is 6.22. The lowest BCUT2D eigenvalue weighted by molar-refractivity contribution is -0.142. The van der Waals surface area contributed by atoms with Crippen molar-refractivity contribution in [2.45, 2.75) is 52.1 Å². The van der Waals surface area contributed by atoms with Gasteiger partial charge in [0.15, 0.2) is 6.61 Å². The van der Waals surface area contributed by atoms with E-state index >= 15 is 0 Å². The van der Waals surface area contributed by atoms with E-state index in [1.165, 1.54) is 5.56 Å². The number of carbonyl (C=O) groups is 2. The molecule has 2 amide bonds. The van der Waals surface area contributed by atoms with Crippen LogP contribution in [-0.4, -0.2) is 35.9 Å². The maximum absolute atomic E-state index is 13.5. The number of likely N-dealkylation sites (N-methyl/N-ethyl adjacent to an activating group) is 1. The lowest BCUT2D eigenvalue weighted by atomic mass is 9.87. The smallest absolute Gasteiger partial charge is 0.261 e. The van der Waals surface area contributed by atoms with Gasteiger partial charge in [-0.05, 0) is 53.3 Å². The van der Waals surface area contributed by atoms with E-state index in [-0.39, 0.29) is 30.4 Å². The van der Waals surface area contributed by atoms with Crippen LogP contribution >= 0.6 is 11.6 Å². The molecule has 190 valence electrons. The fourth-order valence-electron chi connectivity index (χ4n) is 3.91. The minimum absolute atomic E-state index is 0.0288. The summed E-state index contributed by atoms with van der Waals surface area (Å²) in [5.41, 5.74) is 3.07. The molecule has 0 saturated heterocycles. The molecule has 3 aromatic rings. The molecule has 0 heterocycles. The van der Waals surface area contributed by atoms with E-state index in [4.69, 9.17) is 16.3 Å². The first-order chi connectivity index (χ1) is 17.2. The van der Waals surface area contributed by atoms with E-state index in [2.05, 4.69) is 26.1 Å². The second-order valence-electron chi connectivity index (χ2n) is 9.81. The van der Waals surface area contributed by atoms with Gasteiger partial charge in [0.25, 0.3) is 5.91 Å². The Morgan fingerprint density at radius 3 is 2.14 bits per heavy atom. The summed E-state index contributed by atoms with van der Waals surface area (Å²) < 4.78 is 5.87. The first-order valence-corrected chi connectivity index (χ1v) is 12.6. The lowest BCUT2D eigenvalue weighted by Gasteiger charge is -2.31. The normalized spacial score (nSPS) is 12.0. The zero-order valence-electron chi connectivity index (χ0n) is 21.5. The molecule has 36 heavy (non-hydrogen) atoms. The molecule has 0 aliphatic rings. The number of carbonyl (C=O) groups excluding carboxylic acids is 2. The Kier molecular flexibility index (Phi) is 9.54. The summed E-state index contributed by atoms with van der Waals surface area (Å²) in [6.45, 7) is 8.88. The third kappa shape index (κ3) is 7.85. The summed E-state index contributed by atoms with van der Waals surface area (Å²) in [4.78, 5) is 28.3. The summed E-state index contributed by atoms with van der Waals surface area (Å²) in [7, 11) is 0. The lowest BCUT2D eigenvalue weighted by Crippen LogP contribution is -2.51. The quantitative estimate of drug-likeness (QED) is 0.378. The van der Waals surface area contributed by atoms with Gasteiger partial charge in [-0.2, -0.15) is 0 Å². The van der Waals surface area contributed by atoms with Crippen molar-refractivity contribution in [2.75, 3.05) is 13.2 Å². The predicted molar refractivity (Wildman–Crippen MR) is 145 cm³/mol. The van der Waals surface area contributed by atoms with Crippen LogP contribution in [0.1, 0.15) is 44.4 Å². The van der Waals surface area contributed by atoms with Crippen molar-refractivity contribution in [3.05, 3.63) is 101 Å². The fraction of sp³-hybridized carbons (Fsp3) is 0.333. The van der Waals surface area contributed by atoms with Gasteiger partial charge >= 0.3 is 0 Å². The number of ether oxygens (including phenoxy) is 1. The molecule has 0 aliphatic heterocycles. The molecule has 1 atom stereocenters. The van der Waals surface area contributed by atoms with Crippen molar-refractivity contribution in [3.63, 3.8) is 0 Å². The van der Waals surface area contributed by atoms with Crippen molar-refractivity contribution < 1.29 is 14.3 Å². The molecule has 0 unspecified atom stereocenters. The Morgan fingerprint density at radius 1 is 0.917 bits per heavy atom. The molecule has 5 nitrogen and oxygen atoms in total. The first kappa shape index (κ1) is 27.3. The summed E-state index contributed by atoms with van der Waals surface area (Å²) >= 11 is 6.06. The first-order valence-electron chi connectivity index (χ1n) is 12.3. The van der Waals surface area contributed by atoms with Crippen LogP contribution in [0.25, 0.3) is 0 Å². The largest absolute Gasteiger partial charge is 0.484 e. The van der Waals surface area contributed by atoms with Crippen molar-refractivity contribution >= 4 is 23.4 Å². The van der Waals surface area contributed by atoms with Crippen molar-refractivity contribution in [2.24, 2.45) is 0 Å². The van der Waals surface area contributed by atoms with E-state index in [9.17, 15) is 9.59 Å². The second-order valence-corrected chi connectivity index (χ2v) is 10.2. The van der Waals surface area contributed by atoms with Gasteiger partial charge in [0, 0.05) is 24.5 Å². The molecular weight excluding hydrogens is 472 g/mol. The SMILES string of the molecule is CCNC(=O)[C@@H](Cc1ccccc1)N(Cc1ccc(Cl)cc1)C(=O)COc1ccc(C(C)(C)C)cc1. The van der Waals surface area contributed by atoms with Gasteiger partial charge in [-0.25, -0.2) is 0 Å². The van der Waals surface area contributed by atoms with Crippen LogP contribution in [-0.2, 0) is 28.0 Å². The Hall–Kier alpha value is -3.31. The minimum Gasteiger partial charge on any atom is -0.484 e. The summed E-state index contributed by atoms with van der Waals surface area (Å²) in [5, 5.41) is 3.51. The van der Waals surface area contributed by atoms with E-state index < -0.39 is 6.04 Å². The molecule has 0 radical (unpaired) electrons. The molecule has 0 spiro atoms. The standard InChI is InChI=1S/C30H35ClN2O3/c1-5-32-29(35)27(19-22-9-7-6-8-10-22)33(20-23-11-15-25(31)16-12-23)28(34)21-36-26-17-13-24(14-18-26)30(2,3)4/h6-18,27H,5,19-21H2,1-4H3,(H,32,35)/t27-/m1/s1. The van der Waals surface area contributed by atoms with E-state index in [1.807, 2.05) is 73.7 Å². The Balaban J connectivity index is 1.85.